The third-order valence-corrected chi connectivity index (χ3v) is 20.9. The highest BCUT2D eigenvalue weighted by atomic mass is 15.2. The van der Waals surface area contributed by atoms with Crippen molar-refractivity contribution in [3.63, 3.8) is 0 Å². The van der Waals surface area contributed by atoms with Gasteiger partial charge < -0.3 is 9.80 Å². The minimum Gasteiger partial charge on any atom is -0.311 e. The molecule has 3 heterocycles. The average Bonchev–Trinajstić information content (AvgIpc) is 0.675. The summed E-state index contributed by atoms with van der Waals surface area (Å²) in [7, 11) is 0. The molecule has 0 radical (unpaired) electrons. The van der Waals surface area contributed by atoms with Gasteiger partial charge in [-0.1, -0.05) is 246 Å². The van der Waals surface area contributed by atoms with Crippen molar-refractivity contribution in [2.24, 2.45) is 0 Å². The van der Waals surface area contributed by atoms with Crippen molar-refractivity contribution < 1.29 is 0 Å². The maximum atomic E-state index is 5.96. The fourth-order valence-electron chi connectivity index (χ4n) is 15.5. The van der Waals surface area contributed by atoms with E-state index in [9.17, 15) is 0 Å². The van der Waals surface area contributed by atoms with E-state index in [1.54, 1.807) is 0 Å². The van der Waals surface area contributed by atoms with Crippen LogP contribution in [0.15, 0.2) is 188 Å². The molecule has 460 valence electrons. The molecule has 1 aromatic heterocycles. The van der Waals surface area contributed by atoms with Gasteiger partial charge in [0.15, 0.2) is 5.82 Å². The van der Waals surface area contributed by atoms with Gasteiger partial charge in [-0.2, -0.15) is 0 Å². The van der Waals surface area contributed by atoms with E-state index in [0.29, 0.717) is 0 Å². The van der Waals surface area contributed by atoms with Crippen LogP contribution in [-0.2, 0) is 32.5 Å². The number of aromatic nitrogens is 2. The molecule has 0 unspecified atom stereocenters. The van der Waals surface area contributed by atoms with Crippen molar-refractivity contribution >= 4 is 133 Å². The van der Waals surface area contributed by atoms with Crippen molar-refractivity contribution in [2.45, 2.75) is 157 Å². The van der Waals surface area contributed by atoms with Crippen LogP contribution >= 0.6 is 0 Å². The lowest BCUT2D eigenvalue weighted by Gasteiger charge is -2.46. The molecule has 5 heteroatoms. The summed E-state index contributed by atoms with van der Waals surface area (Å²) in [6.45, 7) is 42.1. The van der Waals surface area contributed by atoms with E-state index >= 15 is 0 Å². The van der Waals surface area contributed by atoms with Gasteiger partial charge in [0.25, 0.3) is 6.71 Å². The third-order valence-electron chi connectivity index (χ3n) is 20.9. The Bertz CT molecular complexity index is 5080. The lowest BCUT2D eigenvalue weighted by atomic mass is 9.32. The number of rotatable bonds is 4. The van der Waals surface area contributed by atoms with E-state index < -0.39 is 0 Å². The quantitative estimate of drug-likeness (QED) is 0.130. The summed E-state index contributed by atoms with van der Waals surface area (Å²) in [6.07, 6.45) is 0. The number of anilines is 6. The average molecular weight is 1210 g/mol. The van der Waals surface area contributed by atoms with Crippen molar-refractivity contribution in [1.29, 1.82) is 0 Å². The predicted octanol–water partition coefficient (Wildman–Crippen LogP) is 22.6. The number of hydrogen-bond donors (Lipinski definition) is 0. The Morgan fingerprint density at radius 2 is 0.634 bits per heavy atom. The van der Waals surface area contributed by atoms with Crippen LogP contribution in [0.25, 0.3) is 98.2 Å². The SMILES string of the molecule is CC(C)(C)c1cc(-c2nc(-c3cc4c5c(c3)N(c3cc(C(C)(C)C)cc(C(C)(C)C)c3)c3cc6ccc7cccc8ccc(c3B5c3c(cc5ccc9cccc%10ccc3c5c9%10)N4c3cc(C(C)(C)C)cc(C(C)(C)C)c3)c6c78)c3ccccc3n2)cc(C(C)(C)C)c1. The summed E-state index contributed by atoms with van der Waals surface area (Å²) in [6, 6.07) is 73.9. The van der Waals surface area contributed by atoms with E-state index in [2.05, 4.69) is 322 Å². The molecule has 93 heavy (non-hydrogen) atoms. The number of nitrogens with zero attached hydrogens (tertiary/aromatic N) is 4. The predicted molar refractivity (Wildman–Crippen MR) is 404 cm³/mol. The normalized spacial score (nSPS) is 14.1. The summed E-state index contributed by atoms with van der Waals surface area (Å²) in [5.74, 6) is 0.724. The molecule has 13 aromatic carbocycles. The molecule has 4 nitrogen and oxygen atoms in total. The summed E-state index contributed by atoms with van der Waals surface area (Å²) in [5, 5.41) is 16.4. The van der Waals surface area contributed by atoms with Crippen molar-refractivity contribution in [1.82, 2.24) is 9.97 Å². The van der Waals surface area contributed by atoms with Crippen molar-refractivity contribution in [2.75, 3.05) is 9.80 Å². The second-order valence-electron chi connectivity index (χ2n) is 33.6. The Morgan fingerprint density at radius 3 is 1.03 bits per heavy atom. The Balaban J connectivity index is 1.13. The van der Waals surface area contributed by atoms with Gasteiger partial charge in [-0.25, -0.2) is 9.97 Å². The zero-order chi connectivity index (χ0) is 65.1. The molecule has 0 bridgehead atoms. The van der Waals surface area contributed by atoms with Crippen LogP contribution in [0.3, 0.4) is 0 Å². The lowest BCUT2D eigenvalue weighted by Crippen LogP contribution is -2.62. The lowest BCUT2D eigenvalue weighted by molar-refractivity contribution is 0.568. The van der Waals surface area contributed by atoms with Gasteiger partial charge in [0.2, 0.25) is 0 Å². The Labute approximate surface area is 550 Å². The molecule has 0 fully saturated rings. The molecule has 14 aromatic rings. The zero-order valence-corrected chi connectivity index (χ0v) is 57.8. The summed E-state index contributed by atoms with van der Waals surface area (Å²) >= 11 is 0. The molecular formula is C88H85BN4. The topological polar surface area (TPSA) is 32.3 Å². The molecule has 0 amide bonds. The van der Waals surface area contributed by atoms with Gasteiger partial charge in [0, 0.05) is 50.6 Å². The van der Waals surface area contributed by atoms with Crippen LogP contribution < -0.4 is 26.2 Å². The van der Waals surface area contributed by atoms with Gasteiger partial charge >= 0.3 is 0 Å². The van der Waals surface area contributed by atoms with E-state index in [4.69, 9.17) is 9.97 Å². The standard InChI is InChI=1S/C88H85BN4/c1-83(2,3)58-37-57(38-59(43-58)84(4,5)6)82-90-69-28-20-19-27-66(69)81(91-82)56-41-72-80-73(42-56)93(65-48-62(87(13,14)15)45-63(49-65)88(16,17)18)71-40-55-32-30-51-24-22-26-53-34-36-68(77(55)75(51)53)79(71)89(80)78-67-35-33-52-25-21-23-50-29-31-54(76(67)74(50)52)39-70(78)92(72)64-46-60(85(7,8)9)44-61(47-64)86(10,11)12/h19-49H,1-18H3. The first-order valence-electron chi connectivity index (χ1n) is 33.8. The molecular weight excluding hydrogens is 1120 g/mol. The van der Waals surface area contributed by atoms with Crippen LogP contribution in [-0.4, -0.2) is 16.7 Å². The Morgan fingerprint density at radius 1 is 0.280 bits per heavy atom. The molecule has 2 aliphatic heterocycles. The van der Waals surface area contributed by atoms with Gasteiger partial charge in [0.05, 0.1) is 11.2 Å². The highest BCUT2D eigenvalue weighted by Gasteiger charge is 2.47. The van der Waals surface area contributed by atoms with Crippen LogP contribution in [0.5, 0.6) is 0 Å². The van der Waals surface area contributed by atoms with E-state index in [1.165, 1.54) is 126 Å². The monoisotopic (exact) mass is 1210 g/mol. The van der Waals surface area contributed by atoms with Gasteiger partial charge in [-0.15, -0.1) is 0 Å². The number of fused-ring (bicyclic) bond motifs is 7. The van der Waals surface area contributed by atoms with Crippen LogP contribution in [0.2, 0.25) is 0 Å². The maximum Gasteiger partial charge on any atom is 0.253 e. The van der Waals surface area contributed by atoms with Crippen molar-refractivity contribution in [3.05, 3.63) is 221 Å². The fraction of sp³-hybridized carbons (Fsp3) is 0.273. The Hall–Kier alpha value is -9.06. The Kier molecular flexibility index (Phi) is 12.5. The highest BCUT2D eigenvalue weighted by Crippen LogP contribution is 2.53. The maximum absolute atomic E-state index is 5.96. The second kappa shape index (κ2) is 19.7. The zero-order valence-electron chi connectivity index (χ0n) is 57.8. The highest BCUT2D eigenvalue weighted by molar-refractivity contribution is 7.03. The second-order valence-corrected chi connectivity index (χ2v) is 33.6. The first kappa shape index (κ1) is 59.0. The van der Waals surface area contributed by atoms with Crippen LogP contribution in [0.1, 0.15) is 158 Å². The van der Waals surface area contributed by atoms with E-state index in [-0.39, 0.29) is 39.2 Å². The molecule has 0 spiro atoms. The minimum atomic E-state index is -0.217. The summed E-state index contributed by atoms with van der Waals surface area (Å²) in [5.41, 5.74) is 21.8. The molecule has 0 saturated heterocycles. The molecule has 0 atom stereocenters. The third kappa shape index (κ3) is 9.28. The largest absolute Gasteiger partial charge is 0.311 e. The van der Waals surface area contributed by atoms with Gasteiger partial charge in [0.1, 0.15) is 0 Å². The number of benzene rings is 13. The minimum absolute atomic E-state index is 0.106. The van der Waals surface area contributed by atoms with Crippen LogP contribution in [0.4, 0.5) is 34.1 Å². The summed E-state index contributed by atoms with van der Waals surface area (Å²) in [4.78, 5) is 16.9. The van der Waals surface area contributed by atoms with Gasteiger partial charge in [-0.05, 0) is 214 Å². The first-order valence-corrected chi connectivity index (χ1v) is 33.8. The number of para-hydroxylation sites is 1. The smallest absolute Gasteiger partial charge is 0.253 e. The van der Waals surface area contributed by atoms with Gasteiger partial charge in [-0.3, -0.25) is 0 Å². The number of hydrogen-bond acceptors (Lipinski definition) is 4. The molecule has 2 aliphatic rings. The van der Waals surface area contributed by atoms with Crippen LogP contribution in [0, 0.1) is 0 Å². The molecule has 16 rings (SSSR count). The molecule has 0 N–H and O–H groups in total. The first-order chi connectivity index (χ1) is 43.9. The molecule has 0 saturated carbocycles. The van der Waals surface area contributed by atoms with E-state index in [0.717, 1.165) is 56.3 Å². The molecule has 0 aliphatic carbocycles. The van der Waals surface area contributed by atoms with E-state index in [1.807, 2.05) is 0 Å². The fourth-order valence-corrected chi connectivity index (χ4v) is 15.5. The summed E-state index contributed by atoms with van der Waals surface area (Å²) < 4.78 is 0. The van der Waals surface area contributed by atoms with Crippen molar-refractivity contribution in [3.8, 4) is 22.6 Å².